The Morgan fingerprint density at radius 3 is 2.63 bits per heavy atom. The number of likely N-dealkylation sites (tertiary alicyclic amines) is 2. The topological polar surface area (TPSA) is 78.4 Å². The minimum Gasteiger partial charge on any atom is -0.337 e. The summed E-state index contributed by atoms with van der Waals surface area (Å²) in [5, 5.41) is 0.427. The molecule has 0 radical (unpaired) electrons. The number of carbonyl (C=O) groups is 1. The first kappa shape index (κ1) is 18.0. The fourth-order valence-electron chi connectivity index (χ4n) is 4.36. The summed E-state index contributed by atoms with van der Waals surface area (Å²) >= 11 is 0. The molecule has 0 spiro atoms. The van der Waals surface area contributed by atoms with Crippen molar-refractivity contribution in [2.75, 3.05) is 26.2 Å². The lowest BCUT2D eigenvalue weighted by molar-refractivity contribution is -0.133. The molecule has 0 bridgehead atoms. The van der Waals surface area contributed by atoms with Crippen molar-refractivity contribution < 1.29 is 4.79 Å². The second-order valence-electron chi connectivity index (χ2n) is 7.61. The molecule has 4 rings (SSSR count). The minimum atomic E-state index is -0.529. The number of amides is 1. The van der Waals surface area contributed by atoms with Crippen molar-refractivity contribution in [3.05, 3.63) is 45.1 Å². The van der Waals surface area contributed by atoms with Gasteiger partial charge < -0.3 is 14.8 Å². The van der Waals surface area contributed by atoms with E-state index in [0.29, 0.717) is 17.4 Å². The van der Waals surface area contributed by atoms with Crippen molar-refractivity contribution >= 4 is 16.8 Å². The number of hydrogen-bond acceptors (Lipinski definition) is 4. The number of para-hydroxylation sites is 1. The van der Waals surface area contributed by atoms with Crippen LogP contribution in [-0.4, -0.2) is 57.5 Å². The molecule has 1 aromatic carbocycles. The highest BCUT2D eigenvalue weighted by molar-refractivity contribution is 5.79. The molecule has 2 saturated heterocycles. The van der Waals surface area contributed by atoms with E-state index in [4.69, 9.17) is 0 Å². The normalized spacial score (nSPS) is 21.0. The van der Waals surface area contributed by atoms with Crippen LogP contribution in [-0.2, 0) is 11.3 Å². The Hall–Kier alpha value is -2.41. The van der Waals surface area contributed by atoms with Crippen molar-refractivity contribution in [3.8, 4) is 0 Å². The number of fused-ring (bicyclic) bond motifs is 1. The molecule has 2 aliphatic heterocycles. The smallest absolute Gasteiger partial charge is 0.329 e. The van der Waals surface area contributed by atoms with Crippen LogP contribution in [0.25, 0.3) is 10.9 Å². The van der Waals surface area contributed by atoms with Crippen molar-refractivity contribution in [2.45, 2.75) is 44.7 Å². The fourth-order valence-corrected chi connectivity index (χ4v) is 4.36. The van der Waals surface area contributed by atoms with E-state index < -0.39 is 11.2 Å². The van der Waals surface area contributed by atoms with Gasteiger partial charge in [-0.2, -0.15) is 0 Å². The van der Waals surface area contributed by atoms with Gasteiger partial charge in [-0.3, -0.25) is 14.2 Å². The number of hydrogen-bond donors (Lipinski definition) is 1. The molecule has 3 heterocycles. The zero-order chi connectivity index (χ0) is 18.8. The van der Waals surface area contributed by atoms with Gasteiger partial charge in [-0.25, -0.2) is 4.79 Å². The van der Waals surface area contributed by atoms with Gasteiger partial charge in [0.25, 0.3) is 5.56 Å². The van der Waals surface area contributed by atoms with E-state index in [1.807, 2.05) is 4.90 Å². The van der Waals surface area contributed by atoms with Crippen LogP contribution in [0.15, 0.2) is 33.9 Å². The lowest BCUT2D eigenvalue weighted by Crippen LogP contribution is -2.47. The molecular weight excluding hydrogens is 344 g/mol. The lowest BCUT2D eigenvalue weighted by atomic mass is 10.1. The van der Waals surface area contributed by atoms with Crippen LogP contribution >= 0.6 is 0 Å². The Kier molecular flexibility index (Phi) is 5.11. The Labute approximate surface area is 157 Å². The van der Waals surface area contributed by atoms with Crippen LogP contribution in [0.3, 0.4) is 0 Å². The maximum absolute atomic E-state index is 12.9. The quantitative estimate of drug-likeness (QED) is 0.876. The standard InChI is InChI=1S/C20H26N4O3/c25-18(23-12-6-7-15(23)13-22-10-4-1-5-11-22)14-24-19(26)16-8-2-3-9-17(16)21-20(24)27/h2-3,8-9,15H,1,4-7,10-14H2,(H,21,27). The molecule has 2 fully saturated rings. The highest BCUT2D eigenvalue weighted by Crippen LogP contribution is 2.20. The van der Waals surface area contributed by atoms with Gasteiger partial charge in [-0.15, -0.1) is 0 Å². The second-order valence-corrected chi connectivity index (χ2v) is 7.61. The average molecular weight is 370 g/mol. The van der Waals surface area contributed by atoms with E-state index in [-0.39, 0.29) is 18.5 Å². The minimum absolute atomic E-state index is 0.141. The maximum atomic E-state index is 12.9. The van der Waals surface area contributed by atoms with Gasteiger partial charge in [0, 0.05) is 19.1 Å². The van der Waals surface area contributed by atoms with Gasteiger partial charge >= 0.3 is 5.69 Å². The molecule has 1 unspecified atom stereocenters. The fraction of sp³-hybridized carbons (Fsp3) is 0.550. The Balaban J connectivity index is 1.52. The van der Waals surface area contributed by atoms with Crippen LogP contribution in [0, 0.1) is 0 Å². The first-order chi connectivity index (χ1) is 13.1. The summed E-state index contributed by atoms with van der Waals surface area (Å²) in [6, 6.07) is 7.07. The Bertz CT molecular complexity index is 942. The zero-order valence-electron chi connectivity index (χ0n) is 15.5. The van der Waals surface area contributed by atoms with Crippen molar-refractivity contribution in [3.63, 3.8) is 0 Å². The molecular formula is C20H26N4O3. The highest BCUT2D eigenvalue weighted by atomic mass is 16.2. The van der Waals surface area contributed by atoms with E-state index in [1.165, 1.54) is 19.3 Å². The molecule has 2 aliphatic rings. The Morgan fingerprint density at radius 2 is 1.81 bits per heavy atom. The number of aromatic amines is 1. The molecule has 144 valence electrons. The van der Waals surface area contributed by atoms with Crippen molar-refractivity contribution in [1.82, 2.24) is 19.4 Å². The third-order valence-corrected chi connectivity index (χ3v) is 5.80. The van der Waals surface area contributed by atoms with Gasteiger partial charge in [-0.05, 0) is 50.9 Å². The summed E-state index contributed by atoms with van der Waals surface area (Å²) in [5.41, 5.74) is -0.436. The number of H-pyrrole nitrogens is 1. The molecule has 0 saturated carbocycles. The van der Waals surface area contributed by atoms with E-state index >= 15 is 0 Å². The van der Waals surface area contributed by atoms with Gasteiger partial charge in [0.2, 0.25) is 5.91 Å². The van der Waals surface area contributed by atoms with Crippen LogP contribution in [0.5, 0.6) is 0 Å². The molecule has 7 heteroatoms. The predicted molar refractivity (Wildman–Crippen MR) is 104 cm³/mol. The van der Waals surface area contributed by atoms with Crippen molar-refractivity contribution in [2.24, 2.45) is 0 Å². The van der Waals surface area contributed by atoms with Crippen molar-refractivity contribution in [1.29, 1.82) is 0 Å². The molecule has 1 atom stereocenters. The summed E-state index contributed by atoms with van der Waals surface area (Å²) in [4.78, 5) is 44.9. The molecule has 0 aliphatic carbocycles. The van der Waals surface area contributed by atoms with Crippen LogP contribution in [0.4, 0.5) is 0 Å². The molecule has 1 N–H and O–H groups in total. The second kappa shape index (κ2) is 7.68. The average Bonchev–Trinajstić information content (AvgIpc) is 3.14. The number of nitrogens with zero attached hydrogens (tertiary/aromatic N) is 3. The number of rotatable bonds is 4. The lowest BCUT2D eigenvalue weighted by Gasteiger charge is -2.33. The van der Waals surface area contributed by atoms with E-state index in [9.17, 15) is 14.4 Å². The van der Waals surface area contributed by atoms with Gasteiger partial charge in [-0.1, -0.05) is 18.6 Å². The molecule has 27 heavy (non-hydrogen) atoms. The van der Waals surface area contributed by atoms with Crippen LogP contribution < -0.4 is 11.2 Å². The number of piperidine rings is 1. The highest BCUT2D eigenvalue weighted by Gasteiger charge is 2.31. The number of aromatic nitrogens is 2. The van der Waals surface area contributed by atoms with E-state index in [2.05, 4.69) is 9.88 Å². The largest absolute Gasteiger partial charge is 0.337 e. The summed E-state index contributed by atoms with van der Waals surface area (Å²) < 4.78 is 1.03. The maximum Gasteiger partial charge on any atom is 0.329 e. The predicted octanol–water partition coefficient (Wildman–Crippen LogP) is 1.17. The first-order valence-corrected chi connectivity index (χ1v) is 9.87. The molecule has 1 amide bonds. The summed E-state index contributed by atoms with van der Waals surface area (Å²) in [5.74, 6) is -0.141. The third kappa shape index (κ3) is 3.69. The van der Waals surface area contributed by atoms with E-state index in [1.54, 1.807) is 24.3 Å². The Morgan fingerprint density at radius 1 is 1.04 bits per heavy atom. The molecule has 1 aromatic heterocycles. The van der Waals surface area contributed by atoms with Crippen LogP contribution in [0.1, 0.15) is 32.1 Å². The number of carbonyl (C=O) groups excluding carboxylic acids is 1. The van der Waals surface area contributed by atoms with Gasteiger partial charge in [0.15, 0.2) is 0 Å². The summed E-state index contributed by atoms with van der Waals surface area (Å²) in [7, 11) is 0. The first-order valence-electron chi connectivity index (χ1n) is 9.87. The molecule has 7 nitrogen and oxygen atoms in total. The summed E-state index contributed by atoms with van der Waals surface area (Å²) in [6.07, 6.45) is 5.71. The molecule has 2 aromatic rings. The number of nitrogens with one attached hydrogen (secondary N) is 1. The third-order valence-electron chi connectivity index (χ3n) is 5.80. The SMILES string of the molecule is O=C(Cn1c(=O)[nH]c2ccccc2c1=O)N1CCCC1CN1CCCCC1. The van der Waals surface area contributed by atoms with Gasteiger partial charge in [0.1, 0.15) is 6.54 Å². The number of benzene rings is 1. The zero-order valence-corrected chi connectivity index (χ0v) is 15.5. The summed E-state index contributed by atoms with van der Waals surface area (Å²) in [6.45, 7) is 3.60. The van der Waals surface area contributed by atoms with Gasteiger partial charge in [0.05, 0.1) is 10.9 Å². The van der Waals surface area contributed by atoms with E-state index in [0.717, 1.165) is 37.0 Å². The monoisotopic (exact) mass is 370 g/mol. The van der Waals surface area contributed by atoms with Crippen LogP contribution in [0.2, 0.25) is 0 Å².